The van der Waals surface area contributed by atoms with E-state index in [9.17, 15) is 9.90 Å². The van der Waals surface area contributed by atoms with Crippen LogP contribution < -0.4 is 15.4 Å². The molecule has 1 aromatic carbocycles. The Balaban J connectivity index is 2.71. The molecule has 1 rings (SSSR count). The van der Waals surface area contributed by atoms with Gasteiger partial charge in [0, 0.05) is 11.8 Å². The largest absolute Gasteiger partial charge is 0.504 e. The van der Waals surface area contributed by atoms with Crippen molar-refractivity contribution in [3.05, 3.63) is 18.2 Å². The van der Waals surface area contributed by atoms with Gasteiger partial charge in [0.05, 0.1) is 13.7 Å². The fraction of sp³-hybridized carbons (Fsp3) is 0.300. The minimum Gasteiger partial charge on any atom is -0.504 e. The first-order valence-electron chi connectivity index (χ1n) is 4.49. The smallest absolute Gasteiger partial charge is 0.238 e. The Labute approximate surface area is 88.1 Å². The number of methoxy groups -OCH3 is 1. The van der Waals surface area contributed by atoms with Gasteiger partial charge in [-0.2, -0.15) is 0 Å². The van der Waals surface area contributed by atoms with Gasteiger partial charge in [0.15, 0.2) is 11.5 Å². The summed E-state index contributed by atoms with van der Waals surface area (Å²) >= 11 is 0. The number of carbonyl (C=O) groups is 1. The molecular weight excluding hydrogens is 196 g/mol. The van der Waals surface area contributed by atoms with Crippen LogP contribution in [-0.4, -0.2) is 31.7 Å². The van der Waals surface area contributed by atoms with E-state index in [0.29, 0.717) is 11.4 Å². The Kier molecular flexibility index (Phi) is 3.93. The number of likely N-dealkylation sites (N-methyl/N-ethyl adjacent to an activating group) is 1. The number of phenols is 1. The molecule has 0 bridgehead atoms. The molecule has 0 aliphatic heterocycles. The minimum atomic E-state index is -0.165. The van der Waals surface area contributed by atoms with Crippen LogP contribution in [0.1, 0.15) is 0 Å². The van der Waals surface area contributed by atoms with E-state index >= 15 is 0 Å². The topological polar surface area (TPSA) is 70.6 Å². The zero-order valence-corrected chi connectivity index (χ0v) is 8.70. The van der Waals surface area contributed by atoms with Crippen LogP contribution in [0.15, 0.2) is 18.2 Å². The van der Waals surface area contributed by atoms with Gasteiger partial charge in [0.1, 0.15) is 0 Å². The van der Waals surface area contributed by atoms with Crippen LogP contribution in [0.5, 0.6) is 11.5 Å². The average Bonchev–Trinajstić information content (AvgIpc) is 2.18. The standard InChI is InChI=1S/C10H14N2O3/c1-11-6-10(14)12-7-3-4-9(15-2)8(13)5-7/h3-5,11,13H,6H2,1-2H3,(H,12,14). The number of hydrogen-bond acceptors (Lipinski definition) is 4. The van der Waals surface area contributed by atoms with Gasteiger partial charge in [-0.05, 0) is 19.2 Å². The van der Waals surface area contributed by atoms with E-state index in [0.717, 1.165) is 0 Å². The molecule has 3 N–H and O–H groups in total. The molecule has 0 aliphatic carbocycles. The maximum absolute atomic E-state index is 11.2. The van der Waals surface area contributed by atoms with Crippen LogP contribution in [0.3, 0.4) is 0 Å². The van der Waals surface area contributed by atoms with Crippen molar-refractivity contribution in [2.45, 2.75) is 0 Å². The third-order valence-electron chi connectivity index (χ3n) is 1.80. The van der Waals surface area contributed by atoms with E-state index in [1.807, 2.05) is 0 Å². The third-order valence-corrected chi connectivity index (χ3v) is 1.80. The Morgan fingerprint density at radius 3 is 2.80 bits per heavy atom. The predicted octanol–water partition coefficient (Wildman–Crippen LogP) is 0.559. The van der Waals surface area contributed by atoms with Gasteiger partial charge in [0.2, 0.25) is 5.91 Å². The normalized spacial score (nSPS) is 9.73. The Morgan fingerprint density at radius 1 is 1.53 bits per heavy atom. The van der Waals surface area contributed by atoms with Crippen molar-refractivity contribution < 1.29 is 14.6 Å². The maximum atomic E-state index is 11.2. The zero-order valence-electron chi connectivity index (χ0n) is 8.70. The highest BCUT2D eigenvalue weighted by Crippen LogP contribution is 2.28. The van der Waals surface area contributed by atoms with Crippen LogP contribution in [0, 0.1) is 0 Å². The zero-order chi connectivity index (χ0) is 11.3. The molecule has 0 fully saturated rings. The van der Waals surface area contributed by atoms with Crippen molar-refractivity contribution in [1.29, 1.82) is 0 Å². The summed E-state index contributed by atoms with van der Waals surface area (Å²) in [6, 6.07) is 4.68. The summed E-state index contributed by atoms with van der Waals surface area (Å²) in [5.74, 6) is 0.212. The van der Waals surface area contributed by atoms with E-state index in [1.54, 1.807) is 19.2 Å². The number of nitrogens with one attached hydrogen (secondary N) is 2. The van der Waals surface area contributed by atoms with E-state index in [-0.39, 0.29) is 18.2 Å². The summed E-state index contributed by atoms with van der Waals surface area (Å²) in [5, 5.41) is 14.8. The molecule has 0 atom stereocenters. The van der Waals surface area contributed by atoms with E-state index in [1.165, 1.54) is 13.2 Å². The number of anilines is 1. The number of carbonyl (C=O) groups excluding carboxylic acids is 1. The van der Waals surface area contributed by atoms with Crippen LogP contribution >= 0.6 is 0 Å². The van der Waals surface area contributed by atoms with Gasteiger partial charge in [-0.15, -0.1) is 0 Å². The minimum absolute atomic E-state index is 0.000224. The Hall–Kier alpha value is -1.75. The molecule has 0 saturated heterocycles. The second kappa shape index (κ2) is 5.21. The fourth-order valence-corrected chi connectivity index (χ4v) is 1.13. The number of hydrogen-bond donors (Lipinski definition) is 3. The lowest BCUT2D eigenvalue weighted by Crippen LogP contribution is -2.24. The second-order valence-corrected chi connectivity index (χ2v) is 2.97. The SMILES string of the molecule is CNCC(=O)Nc1ccc(OC)c(O)c1. The molecule has 0 aliphatic rings. The number of benzene rings is 1. The van der Waals surface area contributed by atoms with Crippen molar-refractivity contribution in [1.82, 2.24) is 5.32 Å². The van der Waals surface area contributed by atoms with Crippen molar-refractivity contribution in [3.63, 3.8) is 0 Å². The first-order chi connectivity index (χ1) is 7.17. The lowest BCUT2D eigenvalue weighted by molar-refractivity contribution is -0.115. The highest BCUT2D eigenvalue weighted by Gasteiger charge is 2.04. The van der Waals surface area contributed by atoms with Crippen LogP contribution in [-0.2, 0) is 4.79 Å². The predicted molar refractivity (Wildman–Crippen MR) is 57.2 cm³/mol. The number of amides is 1. The molecule has 5 nitrogen and oxygen atoms in total. The van der Waals surface area contributed by atoms with Gasteiger partial charge in [-0.1, -0.05) is 0 Å². The molecule has 1 amide bonds. The summed E-state index contributed by atoms with van der Waals surface area (Å²) < 4.78 is 4.88. The van der Waals surface area contributed by atoms with E-state index in [2.05, 4.69) is 10.6 Å². The molecule has 0 aromatic heterocycles. The van der Waals surface area contributed by atoms with Crippen LogP contribution in [0.4, 0.5) is 5.69 Å². The van der Waals surface area contributed by atoms with E-state index < -0.39 is 0 Å². The second-order valence-electron chi connectivity index (χ2n) is 2.97. The molecule has 15 heavy (non-hydrogen) atoms. The first-order valence-corrected chi connectivity index (χ1v) is 4.49. The Bertz CT molecular complexity index is 353. The van der Waals surface area contributed by atoms with Gasteiger partial charge < -0.3 is 20.5 Å². The number of rotatable bonds is 4. The monoisotopic (exact) mass is 210 g/mol. The highest BCUT2D eigenvalue weighted by atomic mass is 16.5. The number of aromatic hydroxyl groups is 1. The molecule has 0 unspecified atom stereocenters. The number of ether oxygens (including phenoxy) is 1. The summed E-state index contributed by atoms with van der Waals surface area (Å²) in [6.45, 7) is 0.229. The third kappa shape index (κ3) is 3.14. The van der Waals surface area contributed by atoms with Gasteiger partial charge in [-0.3, -0.25) is 4.79 Å². The fourth-order valence-electron chi connectivity index (χ4n) is 1.13. The van der Waals surface area contributed by atoms with Crippen molar-refractivity contribution in [2.75, 3.05) is 26.0 Å². The molecular formula is C10H14N2O3. The molecule has 5 heteroatoms. The summed E-state index contributed by atoms with van der Waals surface area (Å²) in [6.07, 6.45) is 0. The average molecular weight is 210 g/mol. The van der Waals surface area contributed by atoms with Crippen molar-refractivity contribution >= 4 is 11.6 Å². The van der Waals surface area contributed by atoms with Crippen molar-refractivity contribution in [3.8, 4) is 11.5 Å². The summed E-state index contributed by atoms with van der Waals surface area (Å²) in [7, 11) is 3.15. The molecule has 0 spiro atoms. The maximum Gasteiger partial charge on any atom is 0.238 e. The van der Waals surface area contributed by atoms with Gasteiger partial charge in [0.25, 0.3) is 0 Å². The molecule has 0 saturated carbocycles. The number of phenolic OH excluding ortho intramolecular Hbond substituents is 1. The lowest BCUT2D eigenvalue weighted by atomic mass is 10.2. The van der Waals surface area contributed by atoms with Crippen molar-refractivity contribution in [2.24, 2.45) is 0 Å². The highest BCUT2D eigenvalue weighted by molar-refractivity contribution is 5.92. The molecule has 0 radical (unpaired) electrons. The van der Waals surface area contributed by atoms with Crippen LogP contribution in [0.2, 0.25) is 0 Å². The molecule has 0 heterocycles. The van der Waals surface area contributed by atoms with Gasteiger partial charge in [-0.25, -0.2) is 0 Å². The quantitative estimate of drug-likeness (QED) is 0.679. The molecule has 1 aromatic rings. The summed E-state index contributed by atoms with van der Waals surface area (Å²) in [4.78, 5) is 11.2. The first kappa shape index (κ1) is 11.3. The Morgan fingerprint density at radius 2 is 2.27 bits per heavy atom. The molecule has 82 valence electrons. The van der Waals surface area contributed by atoms with Crippen LogP contribution in [0.25, 0.3) is 0 Å². The summed E-state index contributed by atoms with van der Waals surface area (Å²) in [5.41, 5.74) is 0.536. The van der Waals surface area contributed by atoms with Gasteiger partial charge >= 0.3 is 0 Å². The lowest BCUT2D eigenvalue weighted by Gasteiger charge is -2.07. The van der Waals surface area contributed by atoms with E-state index in [4.69, 9.17) is 4.74 Å².